The van der Waals surface area contributed by atoms with E-state index in [1.807, 2.05) is 0 Å². The van der Waals surface area contributed by atoms with Gasteiger partial charge in [0.2, 0.25) is 0 Å². The number of rotatable bonds is 11. The second-order valence-electron chi connectivity index (χ2n) is 4.47. The van der Waals surface area contributed by atoms with Crippen LogP contribution in [0, 0.1) is 0 Å². The van der Waals surface area contributed by atoms with E-state index in [0.29, 0.717) is 6.42 Å². The predicted octanol–water partition coefficient (Wildman–Crippen LogP) is 3.66. The third-order valence-corrected chi connectivity index (χ3v) is 2.86. The van der Waals surface area contributed by atoms with E-state index in [4.69, 9.17) is 0 Å². The van der Waals surface area contributed by atoms with Crippen LogP contribution in [-0.4, -0.2) is 17.2 Å². The summed E-state index contributed by atoms with van der Waals surface area (Å²) in [5.74, 6) is 1.62. The zero-order chi connectivity index (χ0) is 12.1. The van der Waals surface area contributed by atoms with Crippen molar-refractivity contribution in [2.24, 2.45) is 0 Å². The van der Waals surface area contributed by atoms with Crippen molar-refractivity contribution in [2.45, 2.75) is 77.2 Å². The molecule has 0 heterocycles. The van der Waals surface area contributed by atoms with Crippen molar-refractivity contribution >= 4 is 5.94 Å². The van der Waals surface area contributed by atoms with Crippen molar-refractivity contribution < 1.29 is 9.90 Å². The summed E-state index contributed by atoms with van der Waals surface area (Å²) in [6.07, 6.45) is 12.8. The molecule has 1 unspecified atom stereocenters. The molecule has 0 aliphatic rings. The Morgan fingerprint density at radius 3 is 2.00 bits per heavy atom. The Labute approximate surface area is 99.7 Å². The van der Waals surface area contributed by atoms with Gasteiger partial charge in [-0.2, -0.15) is 0 Å². The van der Waals surface area contributed by atoms with Crippen molar-refractivity contribution in [2.75, 3.05) is 0 Å². The monoisotopic (exact) mass is 226 g/mol. The molecule has 0 aromatic heterocycles. The molecule has 0 saturated carbocycles. The first kappa shape index (κ1) is 15.4. The van der Waals surface area contributed by atoms with E-state index in [2.05, 4.69) is 6.92 Å². The highest BCUT2D eigenvalue weighted by molar-refractivity contribution is 5.45. The maximum Gasteiger partial charge on any atom is 0.122 e. The summed E-state index contributed by atoms with van der Waals surface area (Å²) in [6.45, 7) is 2.24. The van der Waals surface area contributed by atoms with Crippen LogP contribution in [0.4, 0.5) is 0 Å². The Morgan fingerprint density at radius 2 is 1.50 bits per heavy atom. The lowest BCUT2D eigenvalue weighted by Crippen LogP contribution is -2.01. The largest absolute Gasteiger partial charge is 0.388 e. The minimum absolute atomic E-state index is 0.581. The summed E-state index contributed by atoms with van der Waals surface area (Å²) >= 11 is 0. The van der Waals surface area contributed by atoms with Crippen LogP contribution in [0.5, 0.6) is 0 Å². The maximum atomic E-state index is 9.94. The summed E-state index contributed by atoms with van der Waals surface area (Å²) in [4.78, 5) is 9.94. The normalized spacial score (nSPS) is 12.1. The van der Waals surface area contributed by atoms with Gasteiger partial charge in [0.15, 0.2) is 0 Å². The van der Waals surface area contributed by atoms with Gasteiger partial charge in [-0.3, -0.25) is 0 Å². The van der Waals surface area contributed by atoms with Crippen molar-refractivity contribution in [3.8, 4) is 0 Å². The molecule has 1 atom stereocenters. The fraction of sp³-hybridized carbons (Fsp3) is 0.857. The van der Waals surface area contributed by atoms with Crippen LogP contribution >= 0.6 is 0 Å². The van der Waals surface area contributed by atoms with Crippen LogP contribution in [0.15, 0.2) is 6.08 Å². The first-order valence-corrected chi connectivity index (χ1v) is 6.70. The smallest absolute Gasteiger partial charge is 0.122 e. The van der Waals surface area contributed by atoms with Gasteiger partial charge in [0.25, 0.3) is 0 Å². The van der Waals surface area contributed by atoms with Crippen molar-refractivity contribution in [3.05, 3.63) is 6.08 Å². The van der Waals surface area contributed by atoms with Gasteiger partial charge >= 0.3 is 0 Å². The molecule has 0 saturated heterocycles. The maximum absolute atomic E-state index is 9.94. The van der Waals surface area contributed by atoms with E-state index in [-0.39, 0.29) is 0 Å². The second kappa shape index (κ2) is 12.5. The van der Waals surface area contributed by atoms with Crippen molar-refractivity contribution in [1.82, 2.24) is 0 Å². The molecular formula is C14H26O2. The third-order valence-electron chi connectivity index (χ3n) is 2.86. The number of hydrogen-bond acceptors (Lipinski definition) is 2. The average molecular weight is 226 g/mol. The molecule has 0 aliphatic carbocycles. The molecule has 2 heteroatoms. The molecule has 0 radical (unpaired) electrons. The van der Waals surface area contributed by atoms with Gasteiger partial charge in [0.05, 0.1) is 6.10 Å². The van der Waals surface area contributed by atoms with E-state index in [9.17, 15) is 9.90 Å². The summed E-state index contributed by atoms with van der Waals surface area (Å²) in [7, 11) is 0. The molecular weight excluding hydrogens is 200 g/mol. The van der Waals surface area contributed by atoms with Gasteiger partial charge in [-0.15, -0.1) is 0 Å². The van der Waals surface area contributed by atoms with Gasteiger partial charge < -0.3 is 5.11 Å². The van der Waals surface area contributed by atoms with Crippen LogP contribution in [-0.2, 0) is 4.79 Å². The molecule has 0 spiro atoms. The van der Waals surface area contributed by atoms with Gasteiger partial charge in [-0.25, -0.2) is 4.79 Å². The highest BCUT2D eigenvalue weighted by Crippen LogP contribution is 2.11. The van der Waals surface area contributed by atoms with Gasteiger partial charge in [-0.1, -0.05) is 64.7 Å². The fourth-order valence-corrected chi connectivity index (χ4v) is 1.83. The zero-order valence-corrected chi connectivity index (χ0v) is 10.6. The highest BCUT2D eigenvalue weighted by atomic mass is 16.3. The van der Waals surface area contributed by atoms with E-state index in [1.54, 1.807) is 5.94 Å². The minimum Gasteiger partial charge on any atom is -0.388 e. The van der Waals surface area contributed by atoms with Crippen molar-refractivity contribution in [3.63, 3.8) is 0 Å². The lowest BCUT2D eigenvalue weighted by Gasteiger charge is -2.04. The molecule has 0 aliphatic heterocycles. The number of hydrogen-bond donors (Lipinski definition) is 1. The predicted molar refractivity (Wildman–Crippen MR) is 68.1 cm³/mol. The topological polar surface area (TPSA) is 37.3 Å². The Morgan fingerprint density at radius 1 is 1.00 bits per heavy atom. The van der Waals surface area contributed by atoms with Gasteiger partial charge in [-0.05, 0) is 6.42 Å². The molecule has 0 fully saturated rings. The Balaban J connectivity index is 3.06. The molecule has 0 bridgehead atoms. The minimum atomic E-state index is -0.581. The summed E-state index contributed by atoms with van der Waals surface area (Å²) < 4.78 is 0. The Kier molecular flexibility index (Phi) is 12.0. The van der Waals surface area contributed by atoms with E-state index < -0.39 is 6.10 Å². The summed E-state index contributed by atoms with van der Waals surface area (Å²) in [5.41, 5.74) is 0. The fourth-order valence-electron chi connectivity index (χ4n) is 1.83. The summed E-state index contributed by atoms with van der Waals surface area (Å²) in [5, 5.41) is 9.23. The molecule has 94 valence electrons. The van der Waals surface area contributed by atoms with Crippen LogP contribution in [0.1, 0.15) is 71.1 Å². The molecule has 0 rings (SSSR count). The number of unbranched alkanes of at least 4 members (excludes halogenated alkanes) is 8. The standard InChI is InChI=1S/C14H26O2/c1-2-3-4-5-6-7-8-9-10-11-14(16)12-13-15/h12,14,16H,2-11H2,1H3. The number of carbonyl (C=O) groups excluding carboxylic acids is 1. The molecule has 2 nitrogen and oxygen atoms in total. The number of aliphatic hydroxyl groups is 1. The SMILES string of the molecule is CCCCCCCCCCCC(O)C=C=O. The zero-order valence-electron chi connectivity index (χ0n) is 10.6. The van der Waals surface area contributed by atoms with Crippen LogP contribution in [0.3, 0.4) is 0 Å². The molecule has 0 amide bonds. The lowest BCUT2D eigenvalue weighted by molar-refractivity contribution is 0.209. The van der Waals surface area contributed by atoms with Crippen LogP contribution in [0.25, 0.3) is 0 Å². The lowest BCUT2D eigenvalue weighted by atomic mass is 10.1. The quantitative estimate of drug-likeness (QED) is 0.431. The first-order chi connectivity index (χ1) is 7.81. The Bertz CT molecular complexity index is 183. The molecule has 0 aromatic carbocycles. The third kappa shape index (κ3) is 11.5. The van der Waals surface area contributed by atoms with E-state index >= 15 is 0 Å². The number of aliphatic hydroxyl groups excluding tert-OH is 1. The van der Waals surface area contributed by atoms with E-state index in [0.717, 1.165) is 12.8 Å². The molecule has 0 aromatic rings. The van der Waals surface area contributed by atoms with Crippen LogP contribution in [0.2, 0.25) is 0 Å². The molecule has 1 N–H and O–H groups in total. The average Bonchev–Trinajstić information content (AvgIpc) is 2.27. The van der Waals surface area contributed by atoms with Crippen LogP contribution < -0.4 is 0 Å². The molecule has 16 heavy (non-hydrogen) atoms. The van der Waals surface area contributed by atoms with E-state index in [1.165, 1.54) is 51.0 Å². The van der Waals surface area contributed by atoms with Crippen molar-refractivity contribution in [1.29, 1.82) is 0 Å². The van der Waals surface area contributed by atoms with Gasteiger partial charge in [0, 0.05) is 6.08 Å². The van der Waals surface area contributed by atoms with Gasteiger partial charge in [0.1, 0.15) is 5.94 Å². The second-order valence-corrected chi connectivity index (χ2v) is 4.47. The Hall–Kier alpha value is -0.590. The first-order valence-electron chi connectivity index (χ1n) is 6.70. The summed E-state index contributed by atoms with van der Waals surface area (Å²) in [6, 6.07) is 0. The highest BCUT2D eigenvalue weighted by Gasteiger charge is 1.98.